The van der Waals surface area contributed by atoms with Crippen molar-refractivity contribution in [1.29, 1.82) is 0 Å². The van der Waals surface area contributed by atoms with E-state index in [2.05, 4.69) is 39.7 Å². The van der Waals surface area contributed by atoms with Crippen molar-refractivity contribution in [2.24, 2.45) is 0 Å². The molecule has 0 saturated carbocycles. The van der Waals surface area contributed by atoms with Crippen LogP contribution in [0.15, 0.2) is 0 Å². The fraction of sp³-hybridized carbons (Fsp3) is 1.00. The topological polar surface area (TPSA) is 21.7 Å². The summed E-state index contributed by atoms with van der Waals surface area (Å²) in [4.78, 5) is 5.55. The highest BCUT2D eigenvalue weighted by Gasteiger charge is 2.46. The third-order valence-electron chi connectivity index (χ3n) is 3.29. The molecule has 0 unspecified atom stereocenters. The van der Waals surface area contributed by atoms with E-state index in [1.165, 1.54) is 0 Å². The summed E-state index contributed by atoms with van der Waals surface area (Å²) in [7, 11) is 1.76. The van der Waals surface area contributed by atoms with Crippen LogP contribution in [0, 0.1) is 0 Å². The molecular weight excluding hydrogens is 202 g/mol. The van der Waals surface area contributed by atoms with Crippen LogP contribution >= 0.6 is 0 Å². The molecular formula is C13H27NO2. The van der Waals surface area contributed by atoms with Gasteiger partial charge >= 0.3 is 0 Å². The second-order valence-electron chi connectivity index (χ2n) is 6.00. The number of hydrogen-bond acceptors (Lipinski definition) is 3. The second kappa shape index (κ2) is 5.03. The average Bonchev–Trinajstić information content (AvgIpc) is 2.11. The van der Waals surface area contributed by atoms with E-state index in [-0.39, 0.29) is 11.1 Å². The number of hydroxylamine groups is 2. The second-order valence-corrected chi connectivity index (χ2v) is 6.00. The maximum absolute atomic E-state index is 5.91. The smallest absolute Gasteiger partial charge is 0.0611 e. The van der Waals surface area contributed by atoms with Gasteiger partial charge in [0, 0.05) is 17.7 Å². The Morgan fingerprint density at radius 3 is 2.00 bits per heavy atom. The Morgan fingerprint density at radius 2 is 1.62 bits per heavy atom. The molecule has 96 valence electrons. The summed E-state index contributed by atoms with van der Waals surface area (Å²) in [5, 5.41) is 2.12. The van der Waals surface area contributed by atoms with E-state index in [0.29, 0.717) is 6.10 Å². The standard InChI is InChI=1S/C13H27NO2/c1-7-8-16-11-9-12(2,3)14(15-6)13(4,5)10-11/h11H,7-10H2,1-6H3. The normalized spacial score (nSPS) is 25.9. The zero-order valence-electron chi connectivity index (χ0n) is 11.7. The fourth-order valence-corrected chi connectivity index (χ4v) is 3.07. The van der Waals surface area contributed by atoms with Crippen LogP contribution in [0.3, 0.4) is 0 Å². The van der Waals surface area contributed by atoms with E-state index in [1.807, 2.05) is 0 Å². The molecule has 0 amide bonds. The zero-order chi connectivity index (χ0) is 12.4. The largest absolute Gasteiger partial charge is 0.378 e. The molecule has 1 aliphatic heterocycles. The van der Waals surface area contributed by atoms with Gasteiger partial charge in [-0.25, -0.2) is 0 Å². The van der Waals surface area contributed by atoms with Crippen molar-refractivity contribution >= 4 is 0 Å². The predicted molar refractivity (Wildman–Crippen MR) is 66.3 cm³/mol. The maximum Gasteiger partial charge on any atom is 0.0611 e. The molecule has 0 spiro atoms. The summed E-state index contributed by atoms with van der Waals surface area (Å²) in [5.74, 6) is 0. The molecule has 0 aliphatic carbocycles. The Balaban J connectivity index is 2.72. The van der Waals surface area contributed by atoms with Gasteiger partial charge in [-0.1, -0.05) is 6.92 Å². The molecule has 0 radical (unpaired) electrons. The average molecular weight is 229 g/mol. The third-order valence-corrected chi connectivity index (χ3v) is 3.29. The summed E-state index contributed by atoms with van der Waals surface area (Å²) in [5.41, 5.74) is 0.0732. The minimum absolute atomic E-state index is 0.0366. The van der Waals surface area contributed by atoms with Crippen LogP contribution in [-0.2, 0) is 9.57 Å². The molecule has 0 aromatic carbocycles. The number of hydrogen-bond donors (Lipinski definition) is 0. The van der Waals surface area contributed by atoms with E-state index in [4.69, 9.17) is 9.57 Å². The molecule has 0 N–H and O–H groups in total. The van der Waals surface area contributed by atoms with Gasteiger partial charge in [0.25, 0.3) is 0 Å². The highest BCUT2D eigenvalue weighted by atomic mass is 16.7. The van der Waals surface area contributed by atoms with Crippen LogP contribution in [0.4, 0.5) is 0 Å². The Hall–Kier alpha value is -0.120. The van der Waals surface area contributed by atoms with E-state index in [9.17, 15) is 0 Å². The lowest BCUT2D eigenvalue weighted by molar-refractivity contribution is -0.279. The minimum atomic E-state index is 0.0366. The van der Waals surface area contributed by atoms with E-state index in [1.54, 1.807) is 7.11 Å². The lowest BCUT2D eigenvalue weighted by atomic mass is 9.80. The first-order valence-corrected chi connectivity index (χ1v) is 6.29. The number of nitrogens with zero attached hydrogens (tertiary/aromatic N) is 1. The van der Waals surface area contributed by atoms with Crippen molar-refractivity contribution in [3.63, 3.8) is 0 Å². The molecule has 0 aromatic rings. The molecule has 1 saturated heterocycles. The minimum Gasteiger partial charge on any atom is -0.378 e. The van der Waals surface area contributed by atoms with Crippen LogP contribution in [0.25, 0.3) is 0 Å². The number of ether oxygens (including phenoxy) is 1. The molecule has 1 fully saturated rings. The maximum atomic E-state index is 5.91. The third kappa shape index (κ3) is 2.96. The highest BCUT2D eigenvalue weighted by Crippen LogP contribution is 2.39. The molecule has 3 heteroatoms. The van der Waals surface area contributed by atoms with Gasteiger partial charge in [-0.15, -0.1) is 0 Å². The molecule has 16 heavy (non-hydrogen) atoms. The SMILES string of the molecule is CCCOC1CC(C)(C)N(OC)C(C)(C)C1. The van der Waals surface area contributed by atoms with E-state index < -0.39 is 0 Å². The van der Waals surface area contributed by atoms with Crippen LogP contribution in [0.1, 0.15) is 53.9 Å². The van der Waals surface area contributed by atoms with Crippen molar-refractivity contribution in [3.05, 3.63) is 0 Å². The van der Waals surface area contributed by atoms with Gasteiger partial charge in [-0.2, -0.15) is 5.06 Å². The van der Waals surface area contributed by atoms with Gasteiger partial charge in [0.05, 0.1) is 13.2 Å². The van der Waals surface area contributed by atoms with Gasteiger partial charge in [0.15, 0.2) is 0 Å². The predicted octanol–water partition coefficient (Wildman–Crippen LogP) is 3.00. The Bertz CT molecular complexity index is 208. The zero-order valence-corrected chi connectivity index (χ0v) is 11.7. The van der Waals surface area contributed by atoms with Gasteiger partial charge < -0.3 is 9.57 Å². The van der Waals surface area contributed by atoms with Crippen molar-refractivity contribution in [1.82, 2.24) is 5.06 Å². The van der Waals surface area contributed by atoms with Crippen molar-refractivity contribution in [2.75, 3.05) is 13.7 Å². The Labute approximate surface area is 100 Å². The van der Waals surface area contributed by atoms with Crippen molar-refractivity contribution < 1.29 is 9.57 Å². The van der Waals surface area contributed by atoms with Crippen LogP contribution in [0.5, 0.6) is 0 Å². The molecule has 1 aliphatic rings. The van der Waals surface area contributed by atoms with Crippen molar-refractivity contribution in [2.45, 2.75) is 71.1 Å². The van der Waals surface area contributed by atoms with Gasteiger partial charge in [-0.3, -0.25) is 0 Å². The van der Waals surface area contributed by atoms with Gasteiger partial charge in [-0.05, 0) is 47.0 Å². The summed E-state index contributed by atoms with van der Waals surface area (Å²) in [6.45, 7) is 11.9. The first-order chi connectivity index (χ1) is 7.33. The molecule has 1 heterocycles. The number of rotatable bonds is 4. The van der Waals surface area contributed by atoms with Crippen LogP contribution < -0.4 is 0 Å². The monoisotopic (exact) mass is 229 g/mol. The summed E-state index contributed by atoms with van der Waals surface area (Å²) < 4.78 is 5.91. The Morgan fingerprint density at radius 1 is 1.12 bits per heavy atom. The molecule has 0 bridgehead atoms. The molecule has 1 rings (SSSR count). The van der Waals surface area contributed by atoms with Gasteiger partial charge in [0.1, 0.15) is 0 Å². The Kier molecular flexibility index (Phi) is 4.38. The van der Waals surface area contributed by atoms with E-state index >= 15 is 0 Å². The lowest BCUT2D eigenvalue weighted by Crippen LogP contribution is -2.61. The number of piperidine rings is 1. The van der Waals surface area contributed by atoms with Crippen LogP contribution in [0.2, 0.25) is 0 Å². The van der Waals surface area contributed by atoms with Crippen molar-refractivity contribution in [3.8, 4) is 0 Å². The summed E-state index contributed by atoms with van der Waals surface area (Å²) in [6.07, 6.45) is 3.51. The summed E-state index contributed by atoms with van der Waals surface area (Å²) in [6, 6.07) is 0. The fourth-order valence-electron chi connectivity index (χ4n) is 3.07. The highest BCUT2D eigenvalue weighted by molar-refractivity contribution is 4.97. The van der Waals surface area contributed by atoms with Gasteiger partial charge in [0.2, 0.25) is 0 Å². The quantitative estimate of drug-likeness (QED) is 0.739. The first kappa shape index (κ1) is 13.9. The van der Waals surface area contributed by atoms with Crippen LogP contribution in [-0.4, -0.2) is 36.0 Å². The first-order valence-electron chi connectivity index (χ1n) is 6.29. The summed E-state index contributed by atoms with van der Waals surface area (Å²) >= 11 is 0. The molecule has 3 nitrogen and oxygen atoms in total. The van der Waals surface area contributed by atoms with E-state index in [0.717, 1.165) is 25.9 Å². The lowest BCUT2D eigenvalue weighted by Gasteiger charge is -2.53. The molecule has 0 atom stereocenters. The molecule has 0 aromatic heterocycles.